The van der Waals surface area contributed by atoms with E-state index in [-0.39, 0.29) is 0 Å². The average molecular weight is 259 g/mol. The van der Waals surface area contributed by atoms with Gasteiger partial charge < -0.3 is 10.2 Å². The Hall–Kier alpha value is -1.09. The zero-order chi connectivity index (χ0) is 13.4. The van der Waals surface area contributed by atoms with E-state index < -0.39 is 0 Å². The van der Waals surface area contributed by atoms with E-state index in [9.17, 15) is 0 Å². The van der Waals surface area contributed by atoms with Crippen LogP contribution in [0.5, 0.6) is 0 Å². The fraction of sp³-hybridized carbons (Fsp3) is 0.688. The zero-order valence-electron chi connectivity index (χ0n) is 12.4. The number of anilines is 1. The summed E-state index contributed by atoms with van der Waals surface area (Å²) in [4.78, 5) is 7.35. The third kappa shape index (κ3) is 2.92. The minimum atomic E-state index is 0.735. The van der Waals surface area contributed by atoms with Crippen molar-refractivity contribution >= 4 is 5.82 Å². The van der Waals surface area contributed by atoms with Gasteiger partial charge in [0.1, 0.15) is 5.82 Å². The minimum absolute atomic E-state index is 0.735. The molecular formula is C16H25N3. The van der Waals surface area contributed by atoms with Crippen molar-refractivity contribution in [2.24, 2.45) is 0 Å². The highest BCUT2D eigenvalue weighted by Gasteiger charge is 2.31. The Bertz CT molecular complexity index is 461. The molecule has 0 aromatic carbocycles. The molecule has 1 heterocycles. The van der Waals surface area contributed by atoms with Crippen LogP contribution in [0.4, 0.5) is 5.82 Å². The highest BCUT2D eigenvalue weighted by Crippen LogP contribution is 2.34. The van der Waals surface area contributed by atoms with E-state index in [2.05, 4.69) is 37.1 Å². The van der Waals surface area contributed by atoms with Gasteiger partial charge in [-0.15, -0.1) is 0 Å². The molecule has 104 valence electrons. The Labute approximate surface area is 116 Å². The zero-order valence-corrected chi connectivity index (χ0v) is 12.4. The van der Waals surface area contributed by atoms with Gasteiger partial charge in [-0.25, -0.2) is 4.98 Å². The topological polar surface area (TPSA) is 28.2 Å². The molecule has 2 saturated carbocycles. The molecule has 3 rings (SSSR count). The fourth-order valence-electron chi connectivity index (χ4n) is 2.80. The first kappa shape index (κ1) is 12.9. The Morgan fingerprint density at radius 3 is 2.58 bits per heavy atom. The van der Waals surface area contributed by atoms with Crippen LogP contribution in [0.25, 0.3) is 0 Å². The van der Waals surface area contributed by atoms with Crippen molar-refractivity contribution < 1.29 is 0 Å². The summed E-state index contributed by atoms with van der Waals surface area (Å²) in [5.41, 5.74) is 3.93. The monoisotopic (exact) mass is 259 g/mol. The van der Waals surface area contributed by atoms with E-state index in [1.807, 2.05) is 0 Å². The molecule has 2 aliphatic carbocycles. The van der Waals surface area contributed by atoms with Crippen LogP contribution in [0.2, 0.25) is 0 Å². The van der Waals surface area contributed by atoms with E-state index in [1.165, 1.54) is 42.6 Å². The Balaban J connectivity index is 1.89. The lowest BCUT2D eigenvalue weighted by Gasteiger charge is -2.26. The van der Waals surface area contributed by atoms with Crippen LogP contribution in [0.1, 0.15) is 49.4 Å². The summed E-state index contributed by atoms with van der Waals surface area (Å²) in [5.74, 6) is 1.23. The maximum atomic E-state index is 4.85. The van der Waals surface area contributed by atoms with Crippen molar-refractivity contribution in [2.75, 3.05) is 11.4 Å². The number of pyridine rings is 1. The van der Waals surface area contributed by atoms with E-state index in [1.54, 1.807) is 0 Å². The number of aromatic nitrogens is 1. The third-order valence-corrected chi connectivity index (χ3v) is 4.20. The summed E-state index contributed by atoms with van der Waals surface area (Å²) in [5, 5.41) is 3.65. The average Bonchev–Trinajstić information content (AvgIpc) is 3.23. The molecule has 19 heavy (non-hydrogen) atoms. The van der Waals surface area contributed by atoms with E-state index >= 15 is 0 Å². The van der Waals surface area contributed by atoms with Gasteiger partial charge in [-0.05, 0) is 58.1 Å². The van der Waals surface area contributed by atoms with Gasteiger partial charge in [-0.1, -0.05) is 0 Å². The van der Waals surface area contributed by atoms with E-state index in [4.69, 9.17) is 4.98 Å². The van der Waals surface area contributed by atoms with E-state index in [0.717, 1.165) is 30.9 Å². The molecule has 0 amide bonds. The summed E-state index contributed by atoms with van der Waals surface area (Å²) in [6, 6.07) is 3.71. The minimum Gasteiger partial charge on any atom is -0.354 e. The van der Waals surface area contributed by atoms with Gasteiger partial charge in [-0.3, -0.25) is 0 Å². The SMILES string of the molecule is CCN(c1nc(C)cc(C)c1CNC1CC1)C1CC1. The molecule has 0 spiro atoms. The second kappa shape index (κ2) is 5.12. The van der Waals surface area contributed by atoms with Crippen molar-refractivity contribution in [1.29, 1.82) is 0 Å². The molecular weight excluding hydrogens is 234 g/mol. The van der Waals surface area contributed by atoms with Crippen molar-refractivity contribution in [1.82, 2.24) is 10.3 Å². The standard InChI is InChI=1S/C16H25N3/c1-4-19(14-7-8-14)16-15(10-17-13-5-6-13)11(2)9-12(3)18-16/h9,13-14,17H,4-8,10H2,1-3H3. The second-order valence-corrected chi connectivity index (χ2v) is 6.06. The van der Waals surface area contributed by atoms with Gasteiger partial charge in [0.2, 0.25) is 0 Å². The maximum absolute atomic E-state index is 4.85. The number of nitrogens with zero attached hydrogens (tertiary/aromatic N) is 2. The van der Waals surface area contributed by atoms with Gasteiger partial charge >= 0.3 is 0 Å². The number of rotatable bonds is 6. The quantitative estimate of drug-likeness (QED) is 0.851. The Morgan fingerprint density at radius 2 is 2.00 bits per heavy atom. The lowest BCUT2D eigenvalue weighted by Crippen LogP contribution is -2.29. The van der Waals surface area contributed by atoms with Crippen LogP contribution in [0.15, 0.2) is 6.07 Å². The molecule has 1 N–H and O–H groups in total. The molecule has 0 saturated heterocycles. The summed E-state index contributed by atoms with van der Waals surface area (Å²) < 4.78 is 0. The number of aryl methyl sites for hydroxylation is 2. The lowest BCUT2D eigenvalue weighted by molar-refractivity contribution is 0.675. The second-order valence-electron chi connectivity index (χ2n) is 6.06. The van der Waals surface area contributed by atoms with Crippen molar-refractivity contribution in [3.8, 4) is 0 Å². The summed E-state index contributed by atoms with van der Waals surface area (Å²) >= 11 is 0. The van der Waals surface area contributed by atoms with Crippen LogP contribution in [0, 0.1) is 13.8 Å². The predicted molar refractivity (Wildman–Crippen MR) is 79.6 cm³/mol. The number of hydrogen-bond donors (Lipinski definition) is 1. The number of hydrogen-bond acceptors (Lipinski definition) is 3. The first-order valence-electron chi connectivity index (χ1n) is 7.66. The molecule has 0 atom stereocenters. The summed E-state index contributed by atoms with van der Waals surface area (Å²) in [6.45, 7) is 8.62. The summed E-state index contributed by atoms with van der Waals surface area (Å²) in [7, 11) is 0. The Kier molecular flexibility index (Phi) is 3.48. The van der Waals surface area contributed by atoms with Crippen LogP contribution >= 0.6 is 0 Å². The molecule has 1 aromatic heterocycles. The first-order valence-corrected chi connectivity index (χ1v) is 7.66. The molecule has 0 aliphatic heterocycles. The molecule has 0 unspecified atom stereocenters. The molecule has 3 nitrogen and oxygen atoms in total. The van der Waals surface area contributed by atoms with E-state index in [0.29, 0.717) is 0 Å². The van der Waals surface area contributed by atoms with Gasteiger partial charge in [0.05, 0.1) is 0 Å². The molecule has 2 fully saturated rings. The lowest BCUT2D eigenvalue weighted by atomic mass is 10.1. The van der Waals surface area contributed by atoms with Gasteiger partial charge in [0.25, 0.3) is 0 Å². The van der Waals surface area contributed by atoms with Gasteiger partial charge in [-0.2, -0.15) is 0 Å². The van der Waals surface area contributed by atoms with Crippen LogP contribution in [-0.2, 0) is 6.54 Å². The van der Waals surface area contributed by atoms with Crippen LogP contribution in [-0.4, -0.2) is 23.6 Å². The fourth-order valence-corrected chi connectivity index (χ4v) is 2.80. The van der Waals surface area contributed by atoms with Crippen LogP contribution < -0.4 is 10.2 Å². The highest BCUT2D eigenvalue weighted by atomic mass is 15.2. The van der Waals surface area contributed by atoms with Gasteiger partial charge in [0, 0.05) is 36.4 Å². The van der Waals surface area contributed by atoms with Gasteiger partial charge in [0.15, 0.2) is 0 Å². The molecule has 0 bridgehead atoms. The Morgan fingerprint density at radius 1 is 1.26 bits per heavy atom. The van der Waals surface area contributed by atoms with Crippen molar-refractivity contribution in [3.05, 3.63) is 22.9 Å². The smallest absolute Gasteiger partial charge is 0.133 e. The molecule has 1 aromatic rings. The largest absolute Gasteiger partial charge is 0.354 e. The number of nitrogens with one attached hydrogen (secondary N) is 1. The molecule has 2 aliphatic rings. The highest BCUT2D eigenvalue weighted by molar-refractivity contribution is 5.53. The predicted octanol–water partition coefficient (Wildman–Crippen LogP) is 2.94. The van der Waals surface area contributed by atoms with Crippen molar-refractivity contribution in [3.63, 3.8) is 0 Å². The maximum Gasteiger partial charge on any atom is 0.133 e. The van der Waals surface area contributed by atoms with Crippen LogP contribution in [0.3, 0.4) is 0 Å². The normalized spacial score (nSPS) is 18.7. The molecule has 0 radical (unpaired) electrons. The third-order valence-electron chi connectivity index (χ3n) is 4.20. The molecule has 3 heteroatoms. The van der Waals surface area contributed by atoms with Crippen molar-refractivity contribution in [2.45, 2.75) is 65.1 Å². The summed E-state index contributed by atoms with van der Waals surface area (Å²) in [6.07, 6.45) is 5.34. The first-order chi connectivity index (χ1) is 9.19.